The summed E-state index contributed by atoms with van der Waals surface area (Å²) in [5, 5.41) is -0.151. The maximum atomic E-state index is 13.0. The minimum absolute atomic E-state index is 0.0852. The first-order valence-electron chi connectivity index (χ1n) is 8.29. The molecule has 5 nitrogen and oxygen atoms in total. The molecule has 152 valence electrons. The van der Waals surface area contributed by atoms with Crippen LogP contribution in [0.2, 0.25) is 5.02 Å². The third-order valence-electron chi connectivity index (χ3n) is 3.70. The monoisotopic (exact) mass is 434 g/mol. The zero-order valence-corrected chi connectivity index (χ0v) is 16.4. The number of amides is 1. The highest BCUT2D eigenvalue weighted by molar-refractivity contribution is 7.92. The van der Waals surface area contributed by atoms with Crippen LogP contribution in [0.25, 0.3) is 0 Å². The van der Waals surface area contributed by atoms with E-state index in [9.17, 15) is 26.4 Å². The Morgan fingerprint density at radius 2 is 1.82 bits per heavy atom. The summed E-state index contributed by atoms with van der Waals surface area (Å²) in [5.74, 6) is -1.26. The lowest BCUT2D eigenvalue weighted by Gasteiger charge is -2.22. The highest BCUT2D eigenvalue weighted by atomic mass is 35.5. The SMILES string of the molecule is CCCN(CC(F)F)C(=O)c1ccc(Cl)c(S(=O)(=O)Nc2ccc(F)cc2)c1. The number of halogens is 4. The standard InChI is InChI=1S/C18H18ClF3N2O3S/c1-2-9-24(11-17(21)22)18(25)12-3-8-15(19)16(10-12)28(26,27)23-14-6-4-13(20)5-7-14/h3-8,10,17,23H,2,9,11H2,1H3. The second-order valence-corrected chi connectivity index (χ2v) is 7.96. The number of carbonyl (C=O) groups is 1. The number of hydrogen-bond acceptors (Lipinski definition) is 3. The molecular formula is C18H18ClF3N2O3S. The minimum Gasteiger partial charge on any atom is -0.333 e. The summed E-state index contributed by atoms with van der Waals surface area (Å²) < 4.78 is 65.9. The average molecular weight is 435 g/mol. The Kier molecular flexibility index (Phi) is 7.31. The normalized spacial score (nSPS) is 11.5. The molecule has 0 saturated heterocycles. The van der Waals surface area contributed by atoms with Crippen molar-refractivity contribution in [1.82, 2.24) is 4.90 Å². The molecule has 0 aliphatic rings. The van der Waals surface area contributed by atoms with Crippen LogP contribution in [0.15, 0.2) is 47.4 Å². The van der Waals surface area contributed by atoms with E-state index in [2.05, 4.69) is 4.72 Å². The molecule has 0 fully saturated rings. The van der Waals surface area contributed by atoms with Crippen molar-refractivity contribution in [2.24, 2.45) is 0 Å². The molecular weight excluding hydrogens is 417 g/mol. The lowest BCUT2D eigenvalue weighted by atomic mass is 10.2. The molecule has 0 aliphatic heterocycles. The van der Waals surface area contributed by atoms with E-state index in [1.807, 2.05) is 0 Å². The highest BCUT2D eigenvalue weighted by Crippen LogP contribution is 2.26. The number of benzene rings is 2. The summed E-state index contributed by atoms with van der Waals surface area (Å²) in [6.45, 7) is 1.07. The number of alkyl halides is 2. The van der Waals surface area contributed by atoms with Crippen molar-refractivity contribution < 1.29 is 26.4 Å². The Balaban J connectivity index is 2.35. The molecule has 2 aromatic rings. The molecule has 0 atom stereocenters. The molecule has 0 unspecified atom stereocenters. The molecule has 0 spiro atoms. The van der Waals surface area contributed by atoms with Crippen LogP contribution >= 0.6 is 11.6 Å². The van der Waals surface area contributed by atoms with Crippen LogP contribution < -0.4 is 4.72 Å². The summed E-state index contributed by atoms with van der Waals surface area (Å²) in [4.78, 5) is 13.1. The number of anilines is 1. The Morgan fingerprint density at radius 3 is 2.39 bits per heavy atom. The van der Waals surface area contributed by atoms with Gasteiger partial charge >= 0.3 is 0 Å². The fourth-order valence-electron chi connectivity index (χ4n) is 2.47. The van der Waals surface area contributed by atoms with Crippen molar-refractivity contribution >= 4 is 33.2 Å². The van der Waals surface area contributed by atoms with Gasteiger partial charge in [0.2, 0.25) is 0 Å². The Bertz CT molecular complexity index is 938. The van der Waals surface area contributed by atoms with E-state index in [1.165, 1.54) is 24.3 Å². The summed E-state index contributed by atoms with van der Waals surface area (Å²) in [6, 6.07) is 8.11. The van der Waals surface area contributed by atoms with Crippen LogP contribution in [0.3, 0.4) is 0 Å². The van der Waals surface area contributed by atoms with Crippen molar-refractivity contribution in [2.75, 3.05) is 17.8 Å². The van der Waals surface area contributed by atoms with Gasteiger partial charge in [0, 0.05) is 17.8 Å². The van der Waals surface area contributed by atoms with Gasteiger partial charge in [0.1, 0.15) is 10.7 Å². The molecule has 2 rings (SSSR count). The van der Waals surface area contributed by atoms with Crippen molar-refractivity contribution in [3.8, 4) is 0 Å². The van der Waals surface area contributed by atoms with Gasteiger partial charge in [-0.25, -0.2) is 21.6 Å². The third-order valence-corrected chi connectivity index (χ3v) is 5.57. The smallest absolute Gasteiger partial charge is 0.263 e. The molecule has 0 heterocycles. The van der Waals surface area contributed by atoms with Crippen molar-refractivity contribution in [2.45, 2.75) is 24.7 Å². The first kappa shape index (κ1) is 22.0. The maximum absolute atomic E-state index is 13.0. The van der Waals surface area contributed by atoms with Crippen LogP contribution in [0.4, 0.5) is 18.9 Å². The van der Waals surface area contributed by atoms with Crippen molar-refractivity contribution in [1.29, 1.82) is 0 Å². The summed E-state index contributed by atoms with van der Waals surface area (Å²) in [6.07, 6.45) is -2.25. The van der Waals surface area contributed by atoms with Crippen LogP contribution in [0, 0.1) is 5.82 Å². The number of nitrogens with zero attached hydrogens (tertiary/aromatic N) is 1. The molecule has 2 aromatic carbocycles. The molecule has 0 aliphatic carbocycles. The van der Waals surface area contributed by atoms with Crippen molar-refractivity contribution in [3.05, 3.63) is 58.9 Å². The van der Waals surface area contributed by atoms with E-state index < -0.39 is 39.6 Å². The molecule has 28 heavy (non-hydrogen) atoms. The highest BCUT2D eigenvalue weighted by Gasteiger charge is 2.24. The van der Waals surface area contributed by atoms with Gasteiger partial charge in [-0.05, 0) is 48.9 Å². The van der Waals surface area contributed by atoms with Gasteiger partial charge in [-0.3, -0.25) is 9.52 Å². The van der Waals surface area contributed by atoms with E-state index >= 15 is 0 Å². The van der Waals surface area contributed by atoms with Crippen LogP contribution in [0.5, 0.6) is 0 Å². The fourth-order valence-corrected chi connectivity index (χ4v) is 4.05. The van der Waals surface area contributed by atoms with E-state index in [0.29, 0.717) is 6.42 Å². The number of carbonyl (C=O) groups excluding carboxylic acids is 1. The Hall–Kier alpha value is -2.26. The largest absolute Gasteiger partial charge is 0.333 e. The second kappa shape index (κ2) is 9.29. The number of rotatable bonds is 8. The fraction of sp³-hybridized carbons (Fsp3) is 0.278. The molecule has 0 bridgehead atoms. The van der Waals surface area contributed by atoms with Gasteiger partial charge < -0.3 is 4.90 Å². The lowest BCUT2D eigenvalue weighted by Crippen LogP contribution is -2.35. The van der Waals surface area contributed by atoms with Crippen molar-refractivity contribution in [3.63, 3.8) is 0 Å². The predicted molar refractivity (Wildman–Crippen MR) is 101 cm³/mol. The molecule has 10 heteroatoms. The molecule has 0 aromatic heterocycles. The molecule has 0 radical (unpaired) electrons. The summed E-state index contributed by atoms with van der Waals surface area (Å²) >= 11 is 5.98. The summed E-state index contributed by atoms with van der Waals surface area (Å²) in [5.41, 5.74) is 0.0116. The quantitative estimate of drug-likeness (QED) is 0.669. The zero-order chi connectivity index (χ0) is 20.9. The molecule has 1 amide bonds. The van der Waals surface area contributed by atoms with E-state index in [4.69, 9.17) is 11.6 Å². The second-order valence-electron chi connectivity index (χ2n) is 5.90. The lowest BCUT2D eigenvalue weighted by molar-refractivity contribution is 0.0555. The third kappa shape index (κ3) is 5.62. The van der Waals surface area contributed by atoms with Crippen LogP contribution in [0.1, 0.15) is 23.7 Å². The van der Waals surface area contributed by atoms with Gasteiger partial charge in [0.15, 0.2) is 0 Å². The van der Waals surface area contributed by atoms with Gasteiger partial charge in [-0.1, -0.05) is 18.5 Å². The molecule has 0 saturated carbocycles. The first-order valence-corrected chi connectivity index (χ1v) is 10.2. The van der Waals surface area contributed by atoms with E-state index in [-0.39, 0.29) is 22.8 Å². The van der Waals surface area contributed by atoms with Crippen LogP contribution in [-0.2, 0) is 10.0 Å². The Morgan fingerprint density at radius 1 is 1.18 bits per heavy atom. The zero-order valence-electron chi connectivity index (χ0n) is 14.8. The number of nitrogens with one attached hydrogen (secondary N) is 1. The van der Waals surface area contributed by atoms with Gasteiger partial charge in [0.05, 0.1) is 11.6 Å². The van der Waals surface area contributed by atoms with E-state index in [0.717, 1.165) is 23.1 Å². The van der Waals surface area contributed by atoms with E-state index in [1.54, 1.807) is 6.92 Å². The first-order chi connectivity index (χ1) is 13.1. The van der Waals surface area contributed by atoms with Gasteiger partial charge in [-0.15, -0.1) is 0 Å². The molecule has 1 N–H and O–H groups in total. The maximum Gasteiger partial charge on any atom is 0.263 e. The minimum atomic E-state index is -4.20. The Labute approximate surface area is 166 Å². The number of hydrogen-bond donors (Lipinski definition) is 1. The number of sulfonamides is 1. The van der Waals surface area contributed by atoms with Gasteiger partial charge in [-0.2, -0.15) is 0 Å². The summed E-state index contributed by atoms with van der Waals surface area (Å²) in [7, 11) is -4.20. The topological polar surface area (TPSA) is 66.5 Å². The van der Waals surface area contributed by atoms with Crippen LogP contribution in [-0.4, -0.2) is 38.7 Å². The predicted octanol–water partition coefficient (Wildman–Crippen LogP) is 4.40. The van der Waals surface area contributed by atoms with Gasteiger partial charge in [0.25, 0.3) is 22.4 Å². The average Bonchev–Trinajstić information content (AvgIpc) is 2.62.